The largest absolute Gasteiger partial charge is 0.507 e. The number of aliphatic hydroxyl groups is 3. The minimum Gasteiger partial charge on any atom is -0.507 e. The molecule has 40 heavy (non-hydrogen) atoms. The molecule has 12 nitrogen and oxygen atoms in total. The lowest BCUT2D eigenvalue weighted by atomic mass is 9.72. The van der Waals surface area contributed by atoms with Gasteiger partial charge < -0.3 is 39.7 Å². The predicted molar refractivity (Wildman–Crippen MR) is 140 cm³/mol. The van der Waals surface area contributed by atoms with Crippen LogP contribution in [0, 0.1) is 0 Å². The highest BCUT2D eigenvalue weighted by Gasteiger charge is 2.50. The Hall–Kier alpha value is -2.91. The number of nitrogens with one attached hydrogen (secondary N) is 1. The first-order valence-electron chi connectivity index (χ1n) is 12.6. The number of aliphatic hydroxyl groups excluding tert-OH is 2. The zero-order valence-electron chi connectivity index (χ0n) is 21.5. The van der Waals surface area contributed by atoms with Gasteiger partial charge in [0.25, 0.3) is 0 Å². The van der Waals surface area contributed by atoms with Crippen LogP contribution in [0.2, 0.25) is 0 Å². The van der Waals surface area contributed by atoms with Crippen LogP contribution >= 0.6 is 16.1 Å². The third kappa shape index (κ3) is 4.33. The Bertz CT molecular complexity index is 1410. The van der Waals surface area contributed by atoms with E-state index in [0.717, 1.165) is 0 Å². The molecule has 0 aromatic heterocycles. The average molecular weight is 622 g/mol. The van der Waals surface area contributed by atoms with Crippen molar-refractivity contribution >= 4 is 33.5 Å². The number of halogens is 1. The number of methoxy groups -OCH3 is 1. The number of ether oxygens (including phenoxy) is 3. The molecule has 214 valence electrons. The van der Waals surface area contributed by atoms with Crippen LogP contribution in [-0.4, -0.2) is 86.7 Å². The van der Waals surface area contributed by atoms with Gasteiger partial charge in [-0.1, -0.05) is 12.1 Å². The number of hydrogen-bond donors (Lipinski definition) is 6. The van der Waals surface area contributed by atoms with Crippen molar-refractivity contribution in [1.82, 2.24) is 4.34 Å². The predicted octanol–water partition coefficient (Wildman–Crippen LogP) is 0.942. The second-order valence-electron chi connectivity index (χ2n) is 10.2. The molecule has 1 saturated heterocycles. The molecule has 4 unspecified atom stereocenters. The molecule has 0 bridgehead atoms. The number of phenols is 2. The van der Waals surface area contributed by atoms with Crippen molar-refractivity contribution in [3.8, 4) is 17.2 Å². The van der Waals surface area contributed by atoms with Crippen LogP contribution < -0.4 is 9.08 Å². The Morgan fingerprint density at radius 1 is 1.18 bits per heavy atom. The molecule has 0 amide bonds. The van der Waals surface area contributed by atoms with Crippen LogP contribution in [0.3, 0.4) is 0 Å². The standard InChI is InChI=1S/C27H28BrNO11/c1-10-22(32)13(29-28)6-17(39-10)40-15-8-27(37,16(31)9-30)7-12-19(15)26(36)21-20(24(12)34)23(33)11-4-3-5-14(38-2)18(11)25(21)35/h3-5,10,13,15,17,22,29-30,32,34,36-37H,6-9H2,1-2H3/t10?,13?,15-,17?,22?,27-/m0/s1. The Labute approximate surface area is 236 Å². The number of carbonyl (C=O) groups excluding carboxylic acids is 3. The zero-order chi connectivity index (χ0) is 29.1. The van der Waals surface area contributed by atoms with E-state index < -0.39 is 95.7 Å². The van der Waals surface area contributed by atoms with Crippen LogP contribution in [0.15, 0.2) is 18.2 Å². The highest BCUT2D eigenvalue weighted by molar-refractivity contribution is 9.08. The molecule has 2 aromatic rings. The summed E-state index contributed by atoms with van der Waals surface area (Å²) in [4.78, 5) is 39.9. The SMILES string of the molecule is COc1cccc2c1C(=O)c1c(O)c3c(c(O)c1C2=O)C[C@@](O)(C(=O)CO)C[C@@H]3OC1CC(NBr)C(O)C(C)O1. The van der Waals surface area contributed by atoms with E-state index in [0.29, 0.717) is 0 Å². The van der Waals surface area contributed by atoms with Gasteiger partial charge in [0.2, 0.25) is 5.78 Å². The van der Waals surface area contributed by atoms with Crippen molar-refractivity contribution in [1.29, 1.82) is 0 Å². The lowest BCUT2D eigenvalue weighted by molar-refractivity contribution is -0.248. The van der Waals surface area contributed by atoms with Crippen molar-refractivity contribution in [3.63, 3.8) is 0 Å². The van der Waals surface area contributed by atoms with E-state index in [1.54, 1.807) is 6.92 Å². The maximum Gasteiger partial charge on any atom is 0.202 e. The molecule has 1 heterocycles. The molecule has 0 radical (unpaired) electrons. The van der Waals surface area contributed by atoms with Crippen molar-refractivity contribution in [2.45, 2.75) is 62.4 Å². The van der Waals surface area contributed by atoms with Crippen LogP contribution in [0.1, 0.15) is 68.8 Å². The molecule has 1 fully saturated rings. The summed E-state index contributed by atoms with van der Waals surface area (Å²) in [5.41, 5.74) is -3.58. The number of hydrogen-bond acceptors (Lipinski definition) is 12. The van der Waals surface area contributed by atoms with Gasteiger partial charge in [-0.2, -0.15) is 0 Å². The first kappa shape index (κ1) is 28.6. The van der Waals surface area contributed by atoms with Gasteiger partial charge >= 0.3 is 0 Å². The molecule has 2 aromatic carbocycles. The quantitative estimate of drug-likeness (QED) is 0.169. The fraction of sp³-hybridized carbons (Fsp3) is 0.444. The number of fused-ring (bicyclic) bond motifs is 3. The van der Waals surface area contributed by atoms with Gasteiger partial charge in [0.15, 0.2) is 17.9 Å². The molecule has 3 aliphatic rings. The zero-order valence-corrected chi connectivity index (χ0v) is 23.1. The van der Waals surface area contributed by atoms with Gasteiger partial charge in [0.05, 0.1) is 48.2 Å². The average Bonchev–Trinajstić information content (AvgIpc) is 2.94. The molecule has 13 heteroatoms. The summed E-state index contributed by atoms with van der Waals surface area (Å²) >= 11 is 3.12. The van der Waals surface area contributed by atoms with Gasteiger partial charge in [-0.3, -0.25) is 14.4 Å². The summed E-state index contributed by atoms with van der Waals surface area (Å²) in [5, 5.41) is 54.1. The normalized spacial score (nSPS) is 29.4. The second-order valence-corrected chi connectivity index (χ2v) is 10.7. The summed E-state index contributed by atoms with van der Waals surface area (Å²) in [5.74, 6) is -3.73. The van der Waals surface area contributed by atoms with Gasteiger partial charge in [-0.25, -0.2) is 4.34 Å². The molecule has 6 atom stereocenters. The molecular formula is C27H28BrNO11. The van der Waals surface area contributed by atoms with Crippen LogP contribution in [-0.2, 0) is 20.7 Å². The van der Waals surface area contributed by atoms with Crippen molar-refractivity contribution in [3.05, 3.63) is 51.6 Å². The van der Waals surface area contributed by atoms with Crippen LogP contribution in [0.25, 0.3) is 0 Å². The van der Waals surface area contributed by atoms with Crippen molar-refractivity contribution in [2.24, 2.45) is 0 Å². The molecule has 2 aliphatic carbocycles. The van der Waals surface area contributed by atoms with E-state index in [1.807, 2.05) is 0 Å². The number of phenolic OH excluding ortho intramolecular Hbond substituents is 2. The van der Waals surface area contributed by atoms with Gasteiger partial charge in [-0.05, 0) is 13.0 Å². The van der Waals surface area contributed by atoms with E-state index in [2.05, 4.69) is 20.5 Å². The molecule has 5 rings (SSSR count). The van der Waals surface area contributed by atoms with Crippen LogP contribution in [0.5, 0.6) is 17.2 Å². The fourth-order valence-corrected chi connectivity index (χ4v) is 6.28. The summed E-state index contributed by atoms with van der Waals surface area (Å²) in [6.07, 6.45) is -4.85. The maximum atomic E-state index is 13.7. The maximum absolute atomic E-state index is 13.7. The van der Waals surface area contributed by atoms with E-state index in [9.17, 15) is 39.9 Å². The second kappa shape index (κ2) is 10.5. The topological polar surface area (TPSA) is 192 Å². The summed E-state index contributed by atoms with van der Waals surface area (Å²) in [6.45, 7) is 0.603. The number of aromatic hydroxyl groups is 2. The molecule has 6 N–H and O–H groups in total. The van der Waals surface area contributed by atoms with E-state index in [-0.39, 0.29) is 34.4 Å². The molecular weight excluding hydrogens is 594 g/mol. The Kier molecular flexibility index (Phi) is 7.50. The van der Waals surface area contributed by atoms with Gasteiger partial charge in [0, 0.05) is 52.1 Å². The number of ketones is 3. The first-order valence-corrected chi connectivity index (χ1v) is 13.3. The number of benzene rings is 2. The number of carbonyl (C=O) groups is 3. The summed E-state index contributed by atoms with van der Waals surface area (Å²) in [7, 11) is 1.33. The van der Waals surface area contributed by atoms with Crippen molar-refractivity contribution < 1.29 is 54.1 Å². The molecule has 0 spiro atoms. The first-order chi connectivity index (χ1) is 19.0. The fourth-order valence-electron chi connectivity index (χ4n) is 5.82. The lowest BCUT2D eigenvalue weighted by Gasteiger charge is -2.42. The van der Waals surface area contributed by atoms with Crippen molar-refractivity contribution in [2.75, 3.05) is 13.7 Å². The minimum atomic E-state index is -2.24. The van der Waals surface area contributed by atoms with Gasteiger partial charge in [-0.15, -0.1) is 0 Å². The Morgan fingerprint density at radius 2 is 1.88 bits per heavy atom. The number of Topliss-reactive ketones (excluding diaryl/α,β-unsaturated/α-hetero) is 1. The van der Waals surface area contributed by atoms with E-state index >= 15 is 0 Å². The third-order valence-electron chi connectivity index (χ3n) is 7.90. The highest BCUT2D eigenvalue weighted by atomic mass is 79.9. The lowest BCUT2D eigenvalue weighted by Crippen LogP contribution is -2.52. The van der Waals surface area contributed by atoms with Crippen LogP contribution in [0.4, 0.5) is 0 Å². The highest BCUT2D eigenvalue weighted by Crippen LogP contribution is 2.52. The monoisotopic (exact) mass is 621 g/mol. The Morgan fingerprint density at radius 3 is 2.52 bits per heavy atom. The van der Waals surface area contributed by atoms with E-state index in [1.165, 1.54) is 25.3 Å². The third-order valence-corrected chi connectivity index (χ3v) is 8.49. The smallest absolute Gasteiger partial charge is 0.202 e. The minimum absolute atomic E-state index is 0.0479. The summed E-state index contributed by atoms with van der Waals surface area (Å²) < 4.78 is 20.0. The Balaban J connectivity index is 1.68. The number of rotatable bonds is 6. The van der Waals surface area contributed by atoms with E-state index in [4.69, 9.17) is 14.2 Å². The summed E-state index contributed by atoms with van der Waals surface area (Å²) in [6, 6.07) is 3.87. The molecule has 0 saturated carbocycles. The van der Waals surface area contributed by atoms with Gasteiger partial charge in [0.1, 0.15) is 29.5 Å². The molecule has 1 aliphatic heterocycles.